The molecular weight excluding hydrogens is 334 g/mol. The lowest BCUT2D eigenvalue weighted by Gasteiger charge is -2.57. The summed E-state index contributed by atoms with van der Waals surface area (Å²) in [6, 6.07) is 0.167. The Bertz CT molecular complexity index is 846. The van der Waals surface area contributed by atoms with Crippen molar-refractivity contribution >= 4 is 5.70 Å². The van der Waals surface area contributed by atoms with Gasteiger partial charge in [-0.3, -0.25) is 0 Å². The topological polar surface area (TPSA) is 66.6 Å². The molecule has 142 valence electrons. The Hall–Kier alpha value is -2.00. The van der Waals surface area contributed by atoms with Gasteiger partial charge in [-0.15, -0.1) is 0 Å². The van der Waals surface area contributed by atoms with E-state index in [0.29, 0.717) is 5.41 Å². The van der Waals surface area contributed by atoms with Crippen molar-refractivity contribution in [2.24, 2.45) is 33.7 Å². The molecule has 0 unspecified atom stereocenters. The van der Waals surface area contributed by atoms with Crippen LogP contribution in [0.5, 0.6) is 0 Å². The first-order valence-corrected chi connectivity index (χ1v) is 10.5. The van der Waals surface area contributed by atoms with Crippen LogP contribution in [-0.2, 0) is 0 Å². The molecule has 0 saturated heterocycles. The fourth-order valence-corrected chi connectivity index (χ4v) is 7.16. The van der Waals surface area contributed by atoms with Crippen LogP contribution in [0.25, 0.3) is 16.1 Å². The third kappa shape index (κ3) is 2.37. The van der Waals surface area contributed by atoms with E-state index in [1.54, 1.807) is 5.57 Å². The van der Waals surface area contributed by atoms with Crippen molar-refractivity contribution < 1.29 is 0 Å². The molecule has 1 aromatic rings. The maximum atomic E-state index is 8.83. The van der Waals surface area contributed by atoms with Gasteiger partial charge in [0.25, 0.3) is 0 Å². The van der Waals surface area contributed by atoms with Crippen molar-refractivity contribution in [2.45, 2.75) is 64.8 Å². The Morgan fingerprint density at radius 1 is 1.15 bits per heavy atom. The minimum Gasteiger partial charge on any atom is -0.310 e. The number of hydrogen-bond acceptors (Lipinski definition) is 2. The van der Waals surface area contributed by atoms with Gasteiger partial charge in [0.1, 0.15) is 0 Å². The lowest BCUT2D eigenvalue weighted by molar-refractivity contribution is -0.0127. The Labute approximate surface area is 161 Å². The molecule has 0 radical (unpaired) electrons. The molecule has 4 aliphatic carbocycles. The fraction of sp³-hybridized carbons (Fsp3) is 0.682. The van der Waals surface area contributed by atoms with Gasteiger partial charge in [0, 0.05) is 34.5 Å². The molecule has 0 bridgehead atoms. The molecule has 5 rings (SSSR count). The Morgan fingerprint density at radius 3 is 2.78 bits per heavy atom. The number of imidazole rings is 1. The summed E-state index contributed by atoms with van der Waals surface area (Å²) >= 11 is 0. The van der Waals surface area contributed by atoms with Gasteiger partial charge < -0.3 is 4.57 Å². The smallest absolute Gasteiger partial charge is 0.0989 e. The highest BCUT2D eigenvalue weighted by atomic mass is 15.1. The van der Waals surface area contributed by atoms with Gasteiger partial charge in [-0.1, -0.05) is 36.7 Å². The first-order valence-electron chi connectivity index (χ1n) is 10.5. The van der Waals surface area contributed by atoms with Gasteiger partial charge in [0.05, 0.1) is 6.33 Å². The largest absolute Gasteiger partial charge is 0.310 e. The molecule has 2 saturated carbocycles. The van der Waals surface area contributed by atoms with E-state index in [0.717, 1.165) is 30.6 Å². The molecular formula is C22H29N5. The predicted molar refractivity (Wildman–Crippen MR) is 107 cm³/mol. The van der Waals surface area contributed by atoms with Crippen molar-refractivity contribution in [2.75, 3.05) is 0 Å². The zero-order chi connectivity index (χ0) is 18.6. The van der Waals surface area contributed by atoms with E-state index >= 15 is 0 Å². The summed E-state index contributed by atoms with van der Waals surface area (Å²) in [6.45, 7) is 5.00. The van der Waals surface area contributed by atoms with E-state index in [1.807, 2.05) is 12.5 Å². The van der Waals surface area contributed by atoms with Gasteiger partial charge in [-0.2, -0.15) is 0 Å². The maximum Gasteiger partial charge on any atom is 0.0989 e. The third-order valence-corrected chi connectivity index (χ3v) is 8.62. The highest BCUT2D eigenvalue weighted by molar-refractivity contribution is 5.57. The molecule has 0 aromatic carbocycles. The Kier molecular flexibility index (Phi) is 3.80. The van der Waals surface area contributed by atoms with Crippen molar-refractivity contribution in [1.29, 1.82) is 0 Å². The molecule has 4 aliphatic rings. The standard InChI is InChI=1S/C22H29N5/c1-21-9-7-16(25-26-23)13-15(21)3-4-17-18-5-6-20(27-12-11-24-14-27)22(18,2)10-8-19(17)21/h3,6,11-12,14,16-19H,4-5,7-10,13H2,1-2H3/t16-,17+,18+,19+,21+,22+/m1/s1. The second-order valence-corrected chi connectivity index (χ2v) is 9.61. The van der Waals surface area contributed by atoms with Crippen LogP contribution >= 0.6 is 0 Å². The summed E-state index contributed by atoms with van der Waals surface area (Å²) in [7, 11) is 0. The predicted octanol–water partition coefficient (Wildman–Crippen LogP) is 5.98. The van der Waals surface area contributed by atoms with E-state index < -0.39 is 0 Å². The van der Waals surface area contributed by atoms with Gasteiger partial charge >= 0.3 is 0 Å². The monoisotopic (exact) mass is 363 g/mol. The number of hydrogen-bond donors (Lipinski definition) is 0. The van der Waals surface area contributed by atoms with Gasteiger partial charge in [0.2, 0.25) is 0 Å². The summed E-state index contributed by atoms with van der Waals surface area (Å²) in [6.07, 6.45) is 19.1. The first kappa shape index (κ1) is 17.1. The van der Waals surface area contributed by atoms with Crippen molar-refractivity contribution in [3.63, 3.8) is 0 Å². The minimum absolute atomic E-state index is 0.167. The van der Waals surface area contributed by atoms with Crippen LogP contribution in [0, 0.1) is 28.6 Å². The highest BCUT2D eigenvalue weighted by Crippen LogP contribution is 2.65. The van der Waals surface area contributed by atoms with Crippen LogP contribution in [0.1, 0.15) is 58.8 Å². The number of rotatable bonds is 2. The molecule has 1 heterocycles. The van der Waals surface area contributed by atoms with Crippen LogP contribution in [-0.4, -0.2) is 15.6 Å². The molecule has 0 N–H and O–H groups in total. The summed E-state index contributed by atoms with van der Waals surface area (Å²) < 4.78 is 2.25. The van der Waals surface area contributed by atoms with Gasteiger partial charge in [0.15, 0.2) is 0 Å². The number of fused-ring (bicyclic) bond motifs is 5. The zero-order valence-electron chi connectivity index (χ0n) is 16.4. The molecule has 5 heteroatoms. The lowest BCUT2D eigenvalue weighted by atomic mass is 9.47. The zero-order valence-corrected chi connectivity index (χ0v) is 16.4. The second kappa shape index (κ2) is 6.00. The summed E-state index contributed by atoms with van der Waals surface area (Å²) in [5.74, 6) is 2.28. The van der Waals surface area contributed by atoms with E-state index in [4.69, 9.17) is 5.53 Å². The Morgan fingerprint density at radius 2 is 2.00 bits per heavy atom. The summed E-state index contributed by atoms with van der Waals surface area (Å²) in [4.78, 5) is 7.35. The maximum absolute atomic E-state index is 8.83. The molecule has 0 aliphatic heterocycles. The molecule has 27 heavy (non-hydrogen) atoms. The van der Waals surface area contributed by atoms with Crippen LogP contribution in [0.15, 0.2) is 41.6 Å². The molecule has 5 nitrogen and oxygen atoms in total. The minimum atomic E-state index is 0.167. The quantitative estimate of drug-likeness (QED) is 0.276. The first-order chi connectivity index (χ1) is 13.1. The van der Waals surface area contributed by atoms with Gasteiger partial charge in [-0.25, -0.2) is 4.98 Å². The fourth-order valence-electron chi connectivity index (χ4n) is 7.16. The number of aromatic nitrogens is 2. The summed E-state index contributed by atoms with van der Waals surface area (Å²) in [5.41, 5.74) is 12.5. The van der Waals surface area contributed by atoms with Gasteiger partial charge in [-0.05, 0) is 73.6 Å². The number of nitrogens with zero attached hydrogens (tertiary/aromatic N) is 5. The average molecular weight is 364 g/mol. The molecule has 0 amide bonds. The van der Waals surface area contributed by atoms with Crippen LogP contribution < -0.4 is 0 Å². The van der Waals surface area contributed by atoms with Crippen molar-refractivity contribution in [3.8, 4) is 0 Å². The van der Waals surface area contributed by atoms with Crippen LogP contribution in [0.2, 0.25) is 0 Å². The molecule has 1 aromatic heterocycles. The normalized spacial score (nSPS) is 42.9. The average Bonchev–Trinajstić information content (AvgIpc) is 3.29. The SMILES string of the molecule is C[C@]12CC[C@@H](N=[N+]=[N-])CC1=CC[C@@H]1[C@@H]2CC[C@]2(C)C(n3ccnc3)=CC[C@@H]12. The third-order valence-electron chi connectivity index (χ3n) is 8.62. The van der Waals surface area contributed by atoms with E-state index in [2.05, 4.69) is 51.8 Å². The number of azide groups is 1. The Balaban J connectivity index is 1.45. The van der Waals surface area contributed by atoms with Crippen LogP contribution in [0.3, 0.4) is 0 Å². The molecule has 0 spiro atoms. The molecule has 2 fully saturated rings. The summed E-state index contributed by atoms with van der Waals surface area (Å²) in [5, 5.41) is 4.04. The van der Waals surface area contributed by atoms with E-state index in [-0.39, 0.29) is 11.5 Å². The van der Waals surface area contributed by atoms with Crippen molar-refractivity contribution in [1.82, 2.24) is 9.55 Å². The van der Waals surface area contributed by atoms with Crippen LogP contribution in [0.4, 0.5) is 0 Å². The lowest BCUT2D eigenvalue weighted by Crippen LogP contribution is -2.49. The number of allylic oxidation sites excluding steroid dienone is 3. The van der Waals surface area contributed by atoms with E-state index in [1.165, 1.54) is 37.8 Å². The van der Waals surface area contributed by atoms with E-state index in [9.17, 15) is 0 Å². The highest BCUT2D eigenvalue weighted by Gasteiger charge is 2.56. The second-order valence-electron chi connectivity index (χ2n) is 9.61. The van der Waals surface area contributed by atoms with Crippen molar-refractivity contribution in [3.05, 3.63) is 46.9 Å². The molecule has 6 atom stereocenters.